The molecule has 5 rings (SSSR count). The fourth-order valence-electron chi connectivity index (χ4n) is 5.58. The molecule has 3 aliphatic rings. The van der Waals surface area contributed by atoms with Crippen molar-refractivity contribution in [1.29, 1.82) is 0 Å². The molecule has 4 atom stereocenters. The molecule has 158 valence electrons. The number of carbonyl (C=O) groups excluding carboxylic acids is 2. The summed E-state index contributed by atoms with van der Waals surface area (Å²) < 4.78 is 0. The summed E-state index contributed by atoms with van der Waals surface area (Å²) in [6.45, 7) is 3.09. The maximum absolute atomic E-state index is 13.3. The van der Waals surface area contributed by atoms with Gasteiger partial charge in [-0.1, -0.05) is 0 Å². The number of nitrogens with zero attached hydrogens (tertiary/aromatic N) is 4. The molecule has 8 heteroatoms. The summed E-state index contributed by atoms with van der Waals surface area (Å²) in [5, 5.41) is 7.18. The van der Waals surface area contributed by atoms with Gasteiger partial charge in [-0.25, -0.2) is 9.97 Å². The standard InChI is InChI=1S/C22H27N5O2S/c28-20-3-1-2-19-17-6-18(12-26(11-17)10-16-7-23-14-24-8-16)21(27(19)20)22(29)25-9-15-4-5-30-13-15/h4-5,7-8,13-14,17-19,21H,1-3,6,9-12H2,(H,25,29)/t17-,18+,19-,21+/m0/s1. The van der Waals surface area contributed by atoms with Gasteiger partial charge in [0.25, 0.3) is 0 Å². The lowest BCUT2D eigenvalue weighted by atomic mass is 9.71. The monoisotopic (exact) mass is 425 g/mol. The summed E-state index contributed by atoms with van der Waals surface area (Å²) >= 11 is 1.63. The van der Waals surface area contributed by atoms with Crippen LogP contribution in [0, 0.1) is 11.8 Å². The highest BCUT2D eigenvalue weighted by atomic mass is 32.1. The summed E-state index contributed by atoms with van der Waals surface area (Å²) in [4.78, 5) is 38.9. The number of hydrogen-bond acceptors (Lipinski definition) is 6. The van der Waals surface area contributed by atoms with Gasteiger partial charge in [0.1, 0.15) is 12.4 Å². The van der Waals surface area contributed by atoms with E-state index in [2.05, 4.69) is 25.6 Å². The number of amides is 2. The molecule has 7 nitrogen and oxygen atoms in total. The van der Waals surface area contributed by atoms with Gasteiger partial charge in [-0.15, -0.1) is 0 Å². The molecular formula is C22H27N5O2S. The lowest BCUT2D eigenvalue weighted by molar-refractivity contribution is -0.160. The minimum absolute atomic E-state index is 0.00482. The van der Waals surface area contributed by atoms with Crippen molar-refractivity contribution in [3.63, 3.8) is 0 Å². The largest absolute Gasteiger partial charge is 0.350 e. The van der Waals surface area contributed by atoms with E-state index in [0.717, 1.165) is 50.0 Å². The van der Waals surface area contributed by atoms with Gasteiger partial charge in [-0.2, -0.15) is 11.3 Å². The van der Waals surface area contributed by atoms with Crippen molar-refractivity contribution in [2.45, 2.75) is 50.9 Å². The molecule has 2 aromatic rings. The van der Waals surface area contributed by atoms with Crippen molar-refractivity contribution < 1.29 is 9.59 Å². The van der Waals surface area contributed by atoms with Crippen LogP contribution in [0.5, 0.6) is 0 Å². The average Bonchev–Trinajstić information content (AvgIpc) is 3.27. The highest BCUT2D eigenvalue weighted by molar-refractivity contribution is 7.07. The fourth-order valence-corrected chi connectivity index (χ4v) is 6.25. The Balaban J connectivity index is 1.36. The van der Waals surface area contributed by atoms with Gasteiger partial charge in [0.05, 0.1) is 0 Å². The molecule has 0 aliphatic carbocycles. The molecule has 3 saturated heterocycles. The number of thiophene rings is 1. The highest BCUT2D eigenvalue weighted by Gasteiger charge is 2.51. The number of hydrogen-bond donors (Lipinski definition) is 1. The average molecular weight is 426 g/mol. The van der Waals surface area contributed by atoms with E-state index in [9.17, 15) is 9.59 Å². The number of rotatable bonds is 5. The topological polar surface area (TPSA) is 78.4 Å². The van der Waals surface area contributed by atoms with Crippen LogP contribution in [0.25, 0.3) is 0 Å². The maximum Gasteiger partial charge on any atom is 0.243 e. The zero-order chi connectivity index (χ0) is 20.5. The molecule has 0 aromatic carbocycles. The molecule has 0 saturated carbocycles. The SMILES string of the molecule is O=C(NCc1ccsc1)[C@H]1[C@@H]2C[C@@H](CN(Cc3cncnc3)C2)[C@@H]2CCCC(=O)N21. The fraction of sp³-hybridized carbons (Fsp3) is 0.545. The zero-order valence-corrected chi connectivity index (χ0v) is 17.8. The molecule has 0 radical (unpaired) electrons. The van der Waals surface area contributed by atoms with Gasteiger partial charge >= 0.3 is 0 Å². The smallest absolute Gasteiger partial charge is 0.243 e. The number of aromatic nitrogens is 2. The highest BCUT2D eigenvalue weighted by Crippen LogP contribution is 2.42. The van der Waals surface area contributed by atoms with Crippen LogP contribution in [-0.2, 0) is 22.7 Å². The van der Waals surface area contributed by atoms with Crippen molar-refractivity contribution in [2.24, 2.45) is 11.8 Å². The molecule has 2 aromatic heterocycles. The number of fused-ring (bicyclic) bond motifs is 4. The zero-order valence-electron chi connectivity index (χ0n) is 16.9. The third-order valence-electron chi connectivity index (χ3n) is 6.75. The van der Waals surface area contributed by atoms with Gasteiger partial charge < -0.3 is 10.2 Å². The van der Waals surface area contributed by atoms with Crippen molar-refractivity contribution in [2.75, 3.05) is 13.1 Å². The number of nitrogens with one attached hydrogen (secondary N) is 1. The summed E-state index contributed by atoms with van der Waals surface area (Å²) in [6, 6.07) is 1.84. The first-order valence-electron chi connectivity index (χ1n) is 10.7. The lowest BCUT2D eigenvalue weighted by Crippen LogP contribution is -2.68. The van der Waals surface area contributed by atoms with Crippen LogP contribution in [0.3, 0.4) is 0 Å². The molecule has 30 heavy (non-hydrogen) atoms. The van der Waals surface area contributed by atoms with Crippen LogP contribution in [0.4, 0.5) is 0 Å². The molecule has 2 amide bonds. The van der Waals surface area contributed by atoms with E-state index in [1.807, 2.05) is 28.7 Å². The normalized spacial score (nSPS) is 28.8. The molecule has 1 N–H and O–H groups in total. The van der Waals surface area contributed by atoms with E-state index < -0.39 is 0 Å². The van der Waals surface area contributed by atoms with E-state index in [-0.39, 0.29) is 29.8 Å². The molecule has 5 heterocycles. The van der Waals surface area contributed by atoms with Crippen LogP contribution in [0.1, 0.15) is 36.8 Å². The molecule has 3 fully saturated rings. The summed E-state index contributed by atoms with van der Waals surface area (Å²) in [6.07, 6.45) is 8.78. The molecule has 2 bridgehead atoms. The van der Waals surface area contributed by atoms with Crippen molar-refractivity contribution in [3.8, 4) is 0 Å². The Labute approximate surface area is 180 Å². The Morgan fingerprint density at radius 2 is 2.03 bits per heavy atom. The first-order valence-corrected chi connectivity index (χ1v) is 11.7. The number of piperidine rings is 3. The van der Waals surface area contributed by atoms with Gasteiger partial charge in [0.15, 0.2) is 0 Å². The predicted molar refractivity (Wildman–Crippen MR) is 113 cm³/mol. The lowest BCUT2D eigenvalue weighted by Gasteiger charge is -2.55. The Morgan fingerprint density at radius 3 is 2.83 bits per heavy atom. The first kappa shape index (κ1) is 19.6. The third-order valence-corrected chi connectivity index (χ3v) is 7.48. The van der Waals surface area contributed by atoms with Crippen LogP contribution in [-0.4, -0.2) is 56.8 Å². The number of likely N-dealkylation sites (tertiary alicyclic amines) is 1. The number of carbonyl (C=O) groups is 2. The minimum Gasteiger partial charge on any atom is -0.350 e. The summed E-state index contributed by atoms with van der Waals surface area (Å²) in [5.74, 6) is 0.740. The van der Waals surface area contributed by atoms with Crippen molar-refractivity contribution in [1.82, 2.24) is 25.1 Å². The Morgan fingerprint density at radius 1 is 1.20 bits per heavy atom. The summed E-state index contributed by atoms with van der Waals surface area (Å²) in [7, 11) is 0. The van der Waals surface area contributed by atoms with E-state index in [1.54, 1.807) is 17.7 Å². The van der Waals surface area contributed by atoms with Crippen LogP contribution >= 0.6 is 11.3 Å². The van der Waals surface area contributed by atoms with Crippen LogP contribution in [0.2, 0.25) is 0 Å². The molecule has 3 aliphatic heterocycles. The minimum atomic E-state index is -0.368. The van der Waals surface area contributed by atoms with E-state index in [0.29, 0.717) is 18.9 Å². The Kier molecular flexibility index (Phi) is 5.52. The second kappa shape index (κ2) is 8.43. The Bertz CT molecular complexity index is 890. The van der Waals surface area contributed by atoms with Gasteiger partial charge in [-0.05, 0) is 47.6 Å². The second-order valence-corrected chi connectivity index (χ2v) is 9.53. The van der Waals surface area contributed by atoms with Gasteiger partial charge in [0, 0.05) is 62.5 Å². The van der Waals surface area contributed by atoms with Crippen LogP contribution < -0.4 is 5.32 Å². The quantitative estimate of drug-likeness (QED) is 0.793. The van der Waals surface area contributed by atoms with Crippen molar-refractivity contribution >= 4 is 23.2 Å². The molecule has 0 spiro atoms. The van der Waals surface area contributed by atoms with Crippen molar-refractivity contribution in [3.05, 3.63) is 46.7 Å². The molecule has 0 unspecified atom stereocenters. The van der Waals surface area contributed by atoms with Crippen LogP contribution in [0.15, 0.2) is 35.5 Å². The van der Waals surface area contributed by atoms with E-state index in [1.165, 1.54) is 0 Å². The van der Waals surface area contributed by atoms with Gasteiger partial charge in [0.2, 0.25) is 11.8 Å². The van der Waals surface area contributed by atoms with E-state index in [4.69, 9.17) is 0 Å². The van der Waals surface area contributed by atoms with E-state index >= 15 is 0 Å². The third kappa shape index (κ3) is 3.86. The summed E-state index contributed by atoms with van der Waals surface area (Å²) in [5.41, 5.74) is 2.20. The van der Waals surface area contributed by atoms with Gasteiger partial charge in [-0.3, -0.25) is 14.5 Å². The first-order chi connectivity index (χ1) is 14.7. The molecular weight excluding hydrogens is 398 g/mol. The Hall–Kier alpha value is -2.32. The maximum atomic E-state index is 13.3. The predicted octanol–water partition coefficient (Wildman–Crippen LogP) is 2.06. The second-order valence-electron chi connectivity index (χ2n) is 8.75.